The summed E-state index contributed by atoms with van der Waals surface area (Å²) in [6.45, 7) is 4.78. The van der Waals surface area contributed by atoms with E-state index in [4.69, 9.17) is 4.74 Å². The Morgan fingerprint density at radius 3 is 2.35 bits per heavy atom. The first-order valence-electron chi connectivity index (χ1n) is 14.4. The van der Waals surface area contributed by atoms with Gasteiger partial charge in [-0.05, 0) is 43.4 Å². The van der Waals surface area contributed by atoms with Crippen LogP contribution in [0.4, 0.5) is 0 Å². The molecule has 1 aliphatic rings. The number of carbonyl (C=O) groups excluding carboxylic acids is 5. The molecule has 0 radical (unpaired) electrons. The Hall–Kier alpha value is -4.45. The third kappa shape index (κ3) is 10.1. The van der Waals surface area contributed by atoms with Gasteiger partial charge in [0.1, 0.15) is 30.5 Å². The normalized spacial score (nSPS) is 22.2. The molecule has 4 atom stereocenters. The summed E-state index contributed by atoms with van der Waals surface area (Å²) in [5.74, 6) is -3.31. The predicted molar refractivity (Wildman–Crippen MR) is 159 cm³/mol. The van der Waals surface area contributed by atoms with Gasteiger partial charge in [-0.2, -0.15) is 0 Å². The molecular weight excluding hydrogens is 554 g/mol. The number of fused-ring (bicyclic) bond motifs is 1. The van der Waals surface area contributed by atoms with Crippen molar-refractivity contribution in [1.29, 1.82) is 0 Å². The lowest BCUT2D eigenvalue weighted by molar-refractivity contribution is -0.134. The van der Waals surface area contributed by atoms with Gasteiger partial charge in [0.2, 0.25) is 23.6 Å². The highest BCUT2D eigenvalue weighted by Gasteiger charge is 2.31. The van der Waals surface area contributed by atoms with Crippen molar-refractivity contribution in [3.63, 3.8) is 0 Å². The number of benzene rings is 2. The van der Waals surface area contributed by atoms with Crippen molar-refractivity contribution in [3.05, 3.63) is 65.7 Å². The highest BCUT2D eigenvalue weighted by Crippen LogP contribution is 2.19. The zero-order chi connectivity index (χ0) is 31.4. The Kier molecular flexibility index (Phi) is 12.5. The molecule has 0 spiro atoms. The summed E-state index contributed by atoms with van der Waals surface area (Å²) in [6.07, 6.45) is 0.853. The van der Waals surface area contributed by atoms with Crippen molar-refractivity contribution < 1.29 is 33.8 Å². The minimum atomic E-state index is -1.39. The van der Waals surface area contributed by atoms with Crippen LogP contribution in [0.1, 0.15) is 49.5 Å². The summed E-state index contributed by atoms with van der Waals surface area (Å²) >= 11 is 0. The number of nitrogens with one attached hydrogen (secondary N) is 5. The van der Waals surface area contributed by atoms with E-state index in [1.807, 2.05) is 30.3 Å². The molecular formula is C31H41N5O7. The first-order valence-corrected chi connectivity index (χ1v) is 14.4. The van der Waals surface area contributed by atoms with Crippen LogP contribution >= 0.6 is 0 Å². The van der Waals surface area contributed by atoms with E-state index < -0.39 is 66.7 Å². The second-order valence-corrected chi connectivity index (χ2v) is 10.9. The molecule has 2 aromatic rings. The number of carbonyl (C=O) groups is 5. The van der Waals surface area contributed by atoms with Crippen molar-refractivity contribution in [1.82, 2.24) is 26.6 Å². The molecule has 1 heterocycles. The molecule has 6 N–H and O–H groups in total. The maximum atomic E-state index is 13.3. The van der Waals surface area contributed by atoms with Gasteiger partial charge in [-0.25, -0.2) is 0 Å². The number of amides is 5. The average Bonchev–Trinajstić information content (AvgIpc) is 2.99. The molecule has 3 rings (SSSR count). The van der Waals surface area contributed by atoms with Crippen molar-refractivity contribution in [3.8, 4) is 5.75 Å². The first-order chi connectivity index (χ1) is 20.6. The summed E-state index contributed by atoms with van der Waals surface area (Å²) in [6, 6.07) is 12.1. The van der Waals surface area contributed by atoms with Crippen LogP contribution < -0.4 is 31.3 Å². The zero-order valence-electron chi connectivity index (χ0n) is 24.7. The Bertz CT molecular complexity index is 1270. The van der Waals surface area contributed by atoms with E-state index in [1.54, 1.807) is 39.0 Å². The van der Waals surface area contributed by atoms with Crippen LogP contribution in [-0.2, 0) is 25.6 Å². The van der Waals surface area contributed by atoms with Crippen molar-refractivity contribution in [2.45, 2.75) is 64.2 Å². The number of hydrogen-bond donors (Lipinski definition) is 6. The first kappa shape index (κ1) is 33.1. The second-order valence-electron chi connectivity index (χ2n) is 10.9. The molecule has 232 valence electrons. The van der Waals surface area contributed by atoms with Gasteiger partial charge in [0.05, 0.1) is 24.6 Å². The largest absolute Gasteiger partial charge is 0.491 e. The quantitative estimate of drug-likeness (QED) is 0.252. The van der Waals surface area contributed by atoms with E-state index in [0.29, 0.717) is 13.0 Å². The Morgan fingerprint density at radius 1 is 0.953 bits per heavy atom. The van der Waals surface area contributed by atoms with Crippen LogP contribution in [0.3, 0.4) is 0 Å². The monoisotopic (exact) mass is 595 g/mol. The lowest BCUT2D eigenvalue weighted by atomic mass is 10.0. The van der Waals surface area contributed by atoms with E-state index in [-0.39, 0.29) is 23.8 Å². The number of para-hydroxylation sites is 1. The Labute approximate surface area is 251 Å². The fourth-order valence-corrected chi connectivity index (χ4v) is 4.51. The van der Waals surface area contributed by atoms with E-state index >= 15 is 0 Å². The molecule has 0 aromatic heterocycles. The van der Waals surface area contributed by atoms with E-state index in [0.717, 1.165) is 12.0 Å². The number of aliphatic hydroxyl groups is 1. The van der Waals surface area contributed by atoms with Crippen LogP contribution in [0.5, 0.6) is 5.75 Å². The van der Waals surface area contributed by atoms with Crippen LogP contribution in [0.2, 0.25) is 0 Å². The molecule has 5 amide bonds. The van der Waals surface area contributed by atoms with Crippen molar-refractivity contribution in [2.24, 2.45) is 5.92 Å². The fraction of sp³-hybridized carbons (Fsp3) is 0.452. The van der Waals surface area contributed by atoms with Gasteiger partial charge in [-0.1, -0.05) is 56.3 Å². The van der Waals surface area contributed by atoms with Gasteiger partial charge >= 0.3 is 0 Å². The lowest BCUT2D eigenvalue weighted by Gasteiger charge is -2.26. The maximum Gasteiger partial charge on any atom is 0.255 e. The number of ether oxygens (including phenoxy) is 1. The summed E-state index contributed by atoms with van der Waals surface area (Å²) in [7, 11) is 0. The average molecular weight is 596 g/mol. The van der Waals surface area contributed by atoms with E-state index in [2.05, 4.69) is 26.6 Å². The molecule has 12 nitrogen and oxygen atoms in total. The number of aryl methyl sites for hydroxylation is 1. The summed E-state index contributed by atoms with van der Waals surface area (Å²) in [5, 5.41) is 23.0. The van der Waals surface area contributed by atoms with E-state index in [1.165, 1.54) is 6.07 Å². The second kappa shape index (κ2) is 16.3. The maximum absolute atomic E-state index is 13.3. The van der Waals surface area contributed by atoms with Gasteiger partial charge in [0.15, 0.2) is 0 Å². The van der Waals surface area contributed by atoms with Crippen LogP contribution in [-0.4, -0.2) is 78.6 Å². The molecule has 0 aliphatic carbocycles. The molecule has 2 aromatic carbocycles. The molecule has 0 saturated heterocycles. The third-order valence-electron chi connectivity index (χ3n) is 6.89. The summed E-state index contributed by atoms with van der Waals surface area (Å²) in [5.41, 5.74) is 1.25. The van der Waals surface area contributed by atoms with Gasteiger partial charge < -0.3 is 36.4 Å². The third-order valence-corrected chi connectivity index (χ3v) is 6.89. The Morgan fingerprint density at radius 2 is 1.65 bits per heavy atom. The van der Waals surface area contributed by atoms with Gasteiger partial charge in [0.25, 0.3) is 5.91 Å². The van der Waals surface area contributed by atoms with Crippen LogP contribution in [0, 0.1) is 5.92 Å². The minimum absolute atomic E-state index is 0.0133. The molecule has 0 saturated carbocycles. The Balaban J connectivity index is 1.83. The summed E-state index contributed by atoms with van der Waals surface area (Å²) in [4.78, 5) is 65.5. The van der Waals surface area contributed by atoms with Gasteiger partial charge in [-0.3, -0.25) is 24.0 Å². The number of aliphatic hydroxyl groups excluding tert-OH is 1. The molecule has 12 heteroatoms. The smallest absolute Gasteiger partial charge is 0.255 e. The van der Waals surface area contributed by atoms with Gasteiger partial charge in [-0.15, -0.1) is 0 Å². The van der Waals surface area contributed by atoms with E-state index in [9.17, 15) is 29.1 Å². The molecule has 0 fully saturated rings. The molecule has 43 heavy (non-hydrogen) atoms. The highest BCUT2D eigenvalue weighted by molar-refractivity contribution is 6.01. The van der Waals surface area contributed by atoms with Crippen molar-refractivity contribution in [2.75, 3.05) is 19.8 Å². The van der Waals surface area contributed by atoms with Gasteiger partial charge in [0, 0.05) is 6.54 Å². The highest BCUT2D eigenvalue weighted by atomic mass is 16.5. The predicted octanol–water partition coefficient (Wildman–Crippen LogP) is 0.439. The zero-order valence-corrected chi connectivity index (χ0v) is 24.7. The van der Waals surface area contributed by atoms with Crippen LogP contribution in [0.15, 0.2) is 54.6 Å². The SMILES string of the molecule is CC(C)[C@H]1NC(=O)[C@H](CO)NC(=O)C[C@@H](C(=O)NCCCc2ccccc2)NC(=O)c2ccccc2OC[C@H](C)NC1=O. The van der Waals surface area contributed by atoms with Crippen LogP contribution in [0.25, 0.3) is 0 Å². The fourth-order valence-electron chi connectivity index (χ4n) is 4.51. The topological polar surface area (TPSA) is 175 Å². The summed E-state index contributed by atoms with van der Waals surface area (Å²) < 4.78 is 5.86. The minimum Gasteiger partial charge on any atom is -0.491 e. The molecule has 0 bridgehead atoms. The number of hydrogen-bond acceptors (Lipinski definition) is 7. The number of rotatable bonds is 7. The van der Waals surface area contributed by atoms with Crippen molar-refractivity contribution >= 4 is 29.5 Å². The molecule has 1 aliphatic heterocycles. The molecule has 0 unspecified atom stereocenters. The lowest BCUT2D eigenvalue weighted by Crippen LogP contribution is -2.58. The standard InChI is InChI=1S/C31H41N5O7/c1-19(2)27-31(42)33-20(3)18-43-25-14-8-7-13-22(25)28(39)35-23(16-26(38)34-24(17-37)30(41)36-27)29(40)32-15-9-12-21-10-5-4-6-11-21/h4-8,10-11,13-14,19-20,23-24,27,37H,9,12,15-18H2,1-3H3,(H,32,40)(H,33,42)(H,34,38)(H,35,39)(H,36,41)/t20-,23-,24-,27+/m0/s1.